The number of carbonyl (C=O) groups is 1. The van der Waals surface area contributed by atoms with Crippen molar-refractivity contribution in [3.63, 3.8) is 0 Å². The van der Waals surface area contributed by atoms with Crippen LogP contribution in [0.5, 0.6) is 23.0 Å². The Balaban J connectivity index is 2.35. The van der Waals surface area contributed by atoms with Crippen LogP contribution in [0.3, 0.4) is 0 Å². The quantitative estimate of drug-likeness (QED) is 0.574. The molecule has 0 N–H and O–H groups in total. The van der Waals surface area contributed by atoms with E-state index in [1.807, 2.05) is 0 Å². The fraction of sp³-hybridized carbons (Fsp3) is 0.211. The zero-order valence-corrected chi connectivity index (χ0v) is 14.2. The minimum Gasteiger partial charge on any atom is -0.497 e. The van der Waals surface area contributed by atoms with E-state index in [0.717, 1.165) is 5.56 Å². The molecule has 0 saturated carbocycles. The zero-order chi connectivity index (χ0) is 17.5. The summed E-state index contributed by atoms with van der Waals surface area (Å²) < 4.78 is 21.0. The van der Waals surface area contributed by atoms with E-state index in [0.29, 0.717) is 28.6 Å². The van der Waals surface area contributed by atoms with E-state index in [9.17, 15) is 4.79 Å². The third kappa shape index (κ3) is 3.68. The number of ether oxygens (including phenoxy) is 4. The monoisotopic (exact) mass is 328 g/mol. The average molecular weight is 328 g/mol. The Bertz CT molecular complexity index is 749. The van der Waals surface area contributed by atoms with Crippen LogP contribution in [0.25, 0.3) is 6.08 Å². The molecule has 126 valence electrons. The van der Waals surface area contributed by atoms with Gasteiger partial charge in [-0.3, -0.25) is 4.79 Å². The number of benzene rings is 2. The topological polar surface area (TPSA) is 54.0 Å². The van der Waals surface area contributed by atoms with Gasteiger partial charge >= 0.3 is 0 Å². The maximum Gasteiger partial charge on any atom is 0.189 e. The van der Waals surface area contributed by atoms with Crippen LogP contribution in [-0.4, -0.2) is 34.2 Å². The molecule has 0 aromatic heterocycles. The van der Waals surface area contributed by atoms with E-state index < -0.39 is 0 Å². The summed E-state index contributed by atoms with van der Waals surface area (Å²) in [5.41, 5.74) is 1.17. The third-order valence-corrected chi connectivity index (χ3v) is 3.52. The Morgan fingerprint density at radius 3 is 2.25 bits per heavy atom. The highest BCUT2D eigenvalue weighted by Crippen LogP contribution is 2.31. The molecule has 0 aliphatic carbocycles. The lowest BCUT2D eigenvalue weighted by Gasteiger charge is -2.10. The molecular weight excluding hydrogens is 308 g/mol. The van der Waals surface area contributed by atoms with Gasteiger partial charge in [-0.25, -0.2) is 0 Å². The van der Waals surface area contributed by atoms with E-state index in [2.05, 4.69) is 0 Å². The molecule has 2 rings (SSSR count). The highest BCUT2D eigenvalue weighted by molar-refractivity contribution is 6.09. The summed E-state index contributed by atoms with van der Waals surface area (Å²) in [7, 11) is 6.19. The van der Waals surface area contributed by atoms with Gasteiger partial charge in [-0.1, -0.05) is 6.07 Å². The van der Waals surface area contributed by atoms with Gasteiger partial charge in [0.2, 0.25) is 0 Å². The first-order chi connectivity index (χ1) is 11.6. The number of carbonyl (C=O) groups excluding carboxylic acids is 1. The summed E-state index contributed by atoms with van der Waals surface area (Å²) in [4.78, 5) is 12.5. The fourth-order valence-electron chi connectivity index (χ4n) is 2.31. The minimum absolute atomic E-state index is 0.198. The average Bonchev–Trinajstić information content (AvgIpc) is 2.64. The molecule has 5 nitrogen and oxygen atoms in total. The van der Waals surface area contributed by atoms with E-state index in [-0.39, 0.29) is 5.78 Å². The number of para-hydroxylation sites is 1. The number of rotatable bonds is 7. The Labute approximate surface area is 141 Å². The highest BCUT2D eigenvalue weighted by atomic mass is 16.5. The fourth-order valence-corrected chi connectivity index (χ4v) is 2.31. The van der Waals surface area contributed by atoms with Crippen molar-refractivity contribution >= 4 is 11.9 Å². The van der Waals surface area contributed by atoms with Crippen LogP contribution < -0.4 is 18.9 Å². The summed E-state index contributed by atoms with van der Waals surface area (Å²) >= 11 is 0. The highest BCUT2D eigenvalue weighted by Gasteiger charge is 2.14. The Morgan fingerprint density at radius 1 is 0.875 bits per heavy atom. The van der Waals surface area contributed by atoms with Crippen molar-refractivity contribution in [2.75, 3.05) is 28.4 Å². The molecule has 0 radical (unpaired) electrons. The maximum atomic E-state index is 12.5. The van der Waals surface area contributed by atoms with E-state index in [4.69, 9.17) is 18.9 Å². The lowest BCUT2D eigenvalue weighted by Crippen LogP contribution is -2.01. The minimum atomic E-state index is -0.198. The van der Waals surface area contributed by atoms with Crippen LogP contribution in [0.4, 0.5) is 0 Å². The maximum absolute atomic E-state index is 12.5. The summed E-state index contributed by atoms with van der Waals surface area (Å²) in [6.07, 6.45) is 3.15. The van der Waals surface area contributed by atoms with Crippen molar-refractivity contribution in [1.29, 1.82) is 0 Å². The number of hydrogen-bond acceptors (Lipinski definition) is 5. The zero-order valence-electron chi connectivity index (χ0n) is 14.2. The molecule has 24 heavy (non-hydrogen) atoms. The van der Waals surface area contributed by atoms with Crippen LogP contribution in [0.15, 0.2) is 42.5 Å². The first-order valence-electron chi connectivity index (χ1n) is 7.30. The number of hydrogen-bond donors (Lipinski definition) is 0. The lowest BCUT2D eigenvalue weighted by atomic mass is 10.1. The molecule has 2 aromatic carbocycles. The van der Waals surface area contributed by atoms with Gasteiger partial charge in [0.25, 0.3) is 0 Å². The molecule has 0 unspecified atom stereocenters. The molecule has 0 heterocycles. The van der Waals surface area contributed by atoms with E-state index in [1.165, 1.54) is 20.3 Å². The first-order valence-corrected chi connectivity index (χ1v) is 7.30. The Kier molecular flexibility index (Phi) is 5.84. The molecule has 0 bridgehead atoms. The largest absolute Gasteiger partial charge is 0.497 e. The van der Waals surface area contributed by atoms with Gasteiger partial charge in [-0.2, -0.15) is 0 Å². The Morgan fingerprint density at radius 2 is 1.62 bits per heavy atom. The smallest absolute Gasteiger partial charge is 0.189 e. The van der Waals surface area contributed by atoms with Gasteiger partial charge in [0.05, 0.1) is 34.0 Å². The normalized spacial score (nSPS) is 10.5. The van der Waals surface area contributed by atoms with Gasteiger partial charge in [0, 0.05) is 5.56 Å². The molecule has 2 aromatic rings. The van der Waals surface area contributed by atoms with E-state index >= 15 is 0 Å². The first kappa shape index (κ1) is 17.4. The number of methoxy groups -OCH3 is 4. The van der Waals surface area contributed by atoms with Gasteiger partial charge in [0.15, 0.2) is 17.3 Å². The summed E-state index contributed by atoms with van der Waals surface area (Å²) in [5, 5.41) is 0. The van der Waals surface area contributed by atoms with Gasteiger partial charge in [-0.15, -0.1) is 0 Å². The van der Waals surface area contributed by atoms with Crippen molar-refractivity contribution < 1.29 is 23.7 Å². The SMILES string of the molecule is COc1ccc(OC)c(C=CC(=O)c2cccc(OC)c2OC)c1. The molecule has 0 spiro atoms. The number of ketones is 1. The molecular formula is C19H20O5. The second-order valence-corrected chi connectivity index (χ2v) is 4.85. The van der Waals surface area contributed by atoms with Crippen LogP contribution >= 0.6 is 0 Å². The number of allylic oxidation sites excluding steroid dienone is 1. The second kappa shape index (κ2) is 8.06. The lowest BCUT2D eigenvalue weighted by molar-refractivity contribution is 0.104. The van der Waals surface area contributed by atoms with Crippen molar-refractivity contribution in [3.05, 3.63) is 53.6 Å². The summed E-state index contributed by atoms with van der Waals surface area (Å²) in [5.74, 6) is 2.05. The van der Waals surface area contributed by atoms with Crippen molar-refractivity contribution in [2.45, 2.75) is 0 Å². The molecule has 0 aliphatic heterocycles. The molecule has 5 heteroatoms. The molecule has 0 aliphatic rings. The van der Waals surface area contributed by atoms with Gasteiger partial charge < -0.3 is 18.9 Å². The van der Waals surface area contributed by atoms with Crippen molar-refractivity contribution in [1.82, 2.24) is 0 Å². The van der Waals surface area contributed by atoms with Crippen LogP contribution in [0.2, 0.25) is 0 Å². The second-order valence-electron chi connectivity index (χ2n) is 4.85. The molecule has 0 saturated heterocycles. The van der Waals surface area contributed by atoms with Gasteiger partial charge in [-0.05, 0) is 42.5 Å². The van der Waals surface area contributed by atoms with Crippen LogP contribution in [-0.2, 0) is 0 Å². The molecule has 0 fully saturated rings. The molecule has 0 atom stereocenters. The summed E-state index contributed by atoms with van der Waals surface area (Å²) in [6.45, 7) is 0. The predicted molar refractivity (Wildman–Crippen MR) is 92.5 cm³/mol. The van der Waals surface area contributed by atoms with Crippen LogP contribution in [0.1, 0.15) is 15.9 Å². The third-order valence-electron chi connectivity index (χ3n) is 3.52. The van der Waals surface area contributed by atoms with E-state index in [1.54, 1.807) is 56.7 Å². The molecule has 0 amide bonds. The summed E-state index contributed by atoms with van der Waals surface area (Å²) in [6, 6.07) is 10.6. The predicted octanol–water partition coefficient (Wildman–Crippen LogP) is 3.62. The Hall–Kier alpha value is -2.95. The van der Waals surface area contributed by atoms with Crippen molar-refractivity contribution in [3.8, 4) is 23.0 Å². The van der Waals surface area contributed by atoms with Crippen molar-refractivity contribution in [2.24, 2.45) is 0 Å². The van der Waals surface area contributed by atoms with Crippen LogP contribution in [0, 0.1) is 0 Å². The van der Waals surface area contributed by atoms with Gasteiger partial charge in [0.1, 0.15) is 11.5 Å². The standard InChI is InChI=1S/C19H20O5/c1-21-14-9-11-17(22-2)13(12-14)8-10-16(20)15-6-5-7-18(23-3)19(15)24-4/h5-12H,1-4H3.